The number of carbonyl (C=O) groups excluding carboxylic acids is 3. The van der Waals surface area contributed by atoms with Crippen LogP contribution in [0.4, 0.5) is 0 Å². The molecule has 6 rings (SSSR count). The highest BCUT2D eigenvalue weighted by Gasteiger charge is 2.45. The molecule has 52 heavy (non-hydrogen) atoms. The standard InChI is InChI=1S/C39H43NO12/c1-19-33(44)37(48)38(49)39(50-19)52-28-17-26-32(35(46)29(28)23-10-12-40-13-11-23)36(47)30-24(18-42)16-27(51-20(2)43)25(31(30)34(26)45)9-8-22-6-3-5-21(15-22)7-4-14-41/h3,5-6,8-9,15-17,19,23,33,37-42,44,46,48-49H,4,7,10-14,18H2,1-2H3. The SMILES string of the molecule is CC(=O)Oc1cc(CO)c2c(c1C=Cc1cccc(CCCO)c1)C(=O)c1cc(OC3OC(C)C(O)C(O)C3O)c(C3CCNCC3)c(O)c1C2=O. The second kappa shape index (κ2) is 15.6. The Balaban J connectivity index is 1.52. The lowest BCUT2D eigenvalue weighted by Gasteiger charge is -2.39. The summed E-state index contributed by atoms with van der Waals surface area (Å²) < 4.78 is 17.3. The van der Waals surface area contributed by atoms with E-state index < -0.39 is 60.6 Å². The Bertz CT molecular complexity index is 1900. The van der Waals surface area contributed by atoms with Crippen LogP contribution in [0.3, 0.4) is 0 Å². The summed E-state index contributed by atoms with van der Waals surface area (Å²) in [7, 11) is 0. The van der Waals surface area contributed by atoms with Gasteiger partial charge in [-0.1, -0.05) is 30.3 Å². The van der Waals surface area contributed by atoms with E-state index in [0.717, 1.165) is 11.1 Å². The lowest BCUT2D eigenvalue weighted by atomic mass is 9.76. The molecule has 0 saturated carbocycles. The second-order valence-corrected chi connectivity index (χ2v) is 13.4. The molecule has 7 N–H and O–H groups in total. The quantitative estimate of drug-likeness (QED) is 0.0714. The molecule has 1 aliphatic carbocycles. The number of phenols is 1. The number of piperidine rings is 1. The van der Waals surface area contributed by atoms with Gasteiger partial charge in [0.1, 0.15) is 35.6 Å². The summed E-state index contributed by atoms with van der Waals surface area (Å²) in [6, 6.07) is 10.1. The van der Waals surface area contributed by atoms with Crippen LogP contribution in [-0.4, -0.2) is 98.6 Å². The number of benzene rings is 3. The minimum Gasteiger partial charge on any atom is -0.507 e. The van der Waals surface area contributed by atoms with E-state index >= 15 is 0 Å². The van der Waals surface area contributed by atoms with E-state index in [1.165, 1.54) is 26.0 Å². The third-order valence-corrected chi connectivity index (χ3v) is 9.88. The Hall–Kier alpha value is -4.47. The largest absolute Gasteiger partial charge is 0.507 e. The number of aryl methyl sites for hydroxylation is 1. The number of nitrogens with one attached hydrogen (secondary N) is 1. The van der Waals surface area contributed by atoms with Crippen molar-refractivity contribution in [3.05, 3.63) is 86.5 Å². The number of ether oxygens (including phenoxy) is 3. The van der Waals surface area contributed by atoms with Gasteiger partial charge in [-0.3, -0.25) is 14.4 Å². The molecular formula is C39H43NO12. The third kappa shape index (κ3) is 7.13. The summed E-state index contributed by atoms with van der Waals surface area (Å²) >= 11 is 0. The van der Waals surface area contributed by atoms with Crippen LogP contribution in [0.1, 0.15) is 98.7 Å². The predicted molar refractivity (Wildman–Crippen MR) is 187 cm³/mol. The molecule has 2 aliphatic heterocycles. The van der Waals surface area contributed by atoms with Gasteiger partial charge in [-0.2, -0.15) is 0 Å². The molecule has 3 aromatic carbocycles. The maximum absolute atomic E-state index is 14.7. The number of hydrogen-bond acceptors (Lipinski definition) is 13. The van der Waals surface area contributed by atoms with E-state index in [-0.39, 0.29) is 63.0 Å². The number of aliphatic hydroxyl groups excluding tert-OH is 5. The maximum Gasteiger partial charge on any atom is 0.308 e. The number of rotatable bonds is 10. The molecule has 3 aliphatic rings. The van der Waals surface area contributed by atoms with Crippen LogP contribution < -0.4 is 14.8 Å². The van der Waals surface area contributed by atoms with E-state index in [0.29, 0.717) is 38.8 Å². The number of aliphatic hydroxyl groups is 5. The summed E-state index contributed by atoms with van der Waals surface area (Å²) in [5.74, 6) is -3.11. The van der Waals surface area contributed by atoms with Crippen LogP contribution in [0, 0.1) is 0 Å². The highest BCUT2D eigenvalue weighted by molar-refractivity contribution is 6.31. The van der Waals surface area contributed by atoms with Gasteiger partial charge in [0.15, 0.2) is 11.6 Å². The molecule has 0 spiro atoms. The number of fused-ring (bicyclic) bond motifs is 2. The van der Waals surface area contributed by atoms with Gasteiger partial charge in [-0.25, -0.2) is 0 Å². The lowest BCUT2D eigenvalue weighted by Crippen LogP contribution is -2.58. The van der Waals surface area contributed by atoms with Crippen LogP contribution >= 0.6 is 0 Å². The van der Waals surface area contributed by atoms with E-state index in [2.05, 4.69) is 5.32 Å². The summed E-state index contributed by atoms with van der Waals surface area (Å²) in [6.07, 6.45) is -1.63. The topological polar surface area (TPSA) is 212 Å². The van der Waals surface area contributed by atoms with Gasteiger partial charge >= 0.3 is 5.97 Å². The Morgan fingerprint density at radius 1 is 0.942 bits per heavy atom. The molecular weight excluding hydrogens is 674 g/mol. The smallest absolute Gasteiger partial charge is 0.308 e. The lowest BCUT2D eigenvalue weighted by molar-refractivity contribution is -0.268. The molecule has 2 heterocycles. The molecule has 5 unspecified atom stereocenters. The predicted octanol–water partition coefficient (Wildman–Crippen LogP) is 2.35. The zero-order valence-corrected chi connectivity index (χ0v) is 28.9. The zero-order valence-electron chi connectivity index (χ0n) is 28.9. The highest BCUT2D eigenvalue weighted by Crippen LogP contribution is 2.48. The molecule has 5 atom stereocenters. The van der Waals surface area contributed by atoms with Crippen LogP contribution in [0.5, 0.6) is 17.2 Å². The van der Waals surface area contributed by atoms with Crippen molar-refractivity contribution in [2.24, 2.45) is 0 Å². The van der Waals surface area contributed by atoms with Crippen molar-refractivity contribution in [2.75, 3.05) is 19.7 Å². The fourth-order valence-electron chi connectivity index (χ4n) is 7.23. The molecule has 0 amide bonds. The van der Waals surface area contributed by atoms with Gasteiger partial charge < -0.3 is 50.2 Å². The fraction of sp³-hybridized carbons (Fsp3) is 0.410. The van der Waals surface area contributed by atoms with Crippen molar-refractivity contribution < 1.29 is 59.2 Å². The molecule has 3 aromatic rings. The van der Waals surface area contributed by atoms with E-state index in [4.69, 9.17) is 14.2 Å². The van der Waals surface area contributed by atoms with Gasteiger partial charge in [0.05, 0.1) is 18.3 Å². The highest BCUT2D eigenvalue weighted by atomic mass is 16.7. The van der Waals surface area contributed by atoms with Crippen molar-refractivity contribution in [1.29, 1.82) is 0 Å². The van der Waals surface area contributed by atoms with Crippen LogP contribution in [0.25, 0.3) is 12.2 Å². The van der Waals surface area contributed by atoms with E-state index in [9.17, 15) is 45.0 Å². The van der Waals surface area contributed by atoms with Crippen LogP contribution in [-0.2, 0) is 22.6 Å². The number of hydrogen-bond donors (Lipinski definition) is 7. The average molecular weight is 718 g/mol. The van der Waals surface area contributed by atoms with E-state index in [1.54, 1.807) is 12.2 Å². The molecule has 2 saturated heterocycles. The molecule has 13 nitrogen and oxygen atoms in total. The molecule has 13 heteroatoms. The number of esters is 1. The Labute approximate surface area is 300 Å². The van der Waals surface area contributed by atoms with Crippen LogP contribution in [0.2, 0.25) is 0 Å². The van der Waals surface area contributed by atoms with Gasteiger partial charge in [-0.05, 0) is 86.5 Å². The normalized spacial score (nSPS) is 23.4. The van der Waals surface area contributed by atoms with Crippen molar-refractivity contribution >= 4 is 29.7 Å². The van der Waals surface area contributed by atoms with Crippen molar-refractivity contribution in [3.8, 4) is 17.2 Å². The molecule has 0 bridgehead atoms. The van der Waals surface area contributed by atoms with Gasteiger partial charge in [0, 0.05) is 41.3 Å². The summed E-state index contributed by atoms with van der Waals surface area (Å²) in [6.45, 7) is 3.21. The second-order valence-electron chi connectivity index (χ2n) is 13.4. The number of phenolic OH excluding ortho intramolecular Hbond substituents is 1. The van der Waals surface area contributed by atoms with Gasteiger partial charge in [0.25, 0.3) is 0 Å². The van der Waals surface area contributed by atoms with Crippen molar-refractivity contribution in [3.63, 3.8) is 0 Å². The van der Waals surface area contributed by atoms with Crippen LogP contribution in [0.15, 0.2) is 36.4 Å². The van der Waals surface area contributed by atoms with Gasteiger partial charge in [0.2, 0.25) is 6.29 Å². The maximum atomic E-state index is 14.7. The number of ketones is 2. The summed E-state index contributed by atoms with van der Waals surface area (Å²) in [4.78, 5) is 41.5. The monoisotopic (exact) mass is 717 g/mol. The zero-order chi connectivity index (χ0) is 37.3. The third-order valence-electron chi connectivity index (χ3n) is 9.88. The molecule has 0 aromatic heterocycles. The first kappa shape index (κ1) is 37.3. The fourth-order valence-corrected chi connectivity index (χ4v) is 7.23. The Morgan fingerprint density at radius 3 is 2.38 bits per heavy atom. The average Bonchev–Trinajstić information content (AvgIpc) is 3.13. The first-order valence-corrected chi connectivity index (χ1v) is 17.4. The first-order valence-electron chi connectivity index (χ1n) is 17.4. The molecule has 2 fully saturated rings. The van der Waals surface area contributed by atoms with Crippen molar-refractivity contribution in [1.82, 2.24) is 5.32 Å². The summed E-state index contributed by atoms with van der Waals surface area (Å²) in [5.41, 5.74) is 1.20. The van der Waals surface area contributed by atoms with Crippen molar-refractivity contribution in [2.45, 2.75) is 82.8 Å². The van der Waals surface area contributed by atoms with Gasteiger partial charge in [-0.15, -0.1) is 0 Å². The Kier molecular flexibility index (Phi) is 11.2. The first-order chi connectivity index (χ1) is 24.9. The molecule has 276 valence electrons. The summed E-state index contributed by atoms with van der Waals surface area (Å²) in [5, 5.41) is 66.4. The van der Waals surface area contributed by atoms with E-state index in [1.807, 2.05) is 24.3 Å². The Morgan fingerprint density at radius 2 is 1.69 bits per heavy atom. The minimum atomic E-state index is -1.69. The molecule has 0 radical (unpaired) electrons. The number of aromatic hydroxyl groups is 1. The minimum absolute atomic E-state index is 0.0156. The number of carbonyl (C=O) groups is 3.